The largest absolute Gasteiger partial charge is 0.481 e. The van der Waals surface area contributed by atoms with Crippen LogP contribution in [-0.2, 0) is 19.1 Å². The Morgan fingerprint density at radius 1 is 1.24 bits per heavy atom. The quantitative estimate of drug-likeness (QED) is 0.577. The highest BCUT2D eigenvalue weighted by Crippen LogP contribution is 2.31. The van der Waals surface area contributed by atoms with Gasteiger partial charge in [-0.2, -0.15) is 0 Å². The Kier molecular flexibility index (Phi) is 6.59. The molecule has 0 bridgehead atoms. The molecule has 5 nitrogen and oxygen atoms in total. The molecule has 1 rings (SSSR count). The summed E-state index contributed by atoms with van der Waals surface area (Å²) in [4.78, 5) is 35.1. The summed E-state index contributed by atoms with van der Waals surface area (Å²) in [5, 5.41) is 9.17. The Hall–Kier alpha value is -1.65. The molecule has 5 heteroatoms. The number of esters is 1. The number of ether oxygens (including phenoxy) is 1. The van der Waals surface area contributed by atoms with E-state index in [4.69, 9.17) is 9.84 Å². The van der Waals surface area contributed by atoms with Crippen molar-refractivity contribution in [2.24, 2.45) is 17.8 Å². The van der Waals surface area contributed by atoms with Crippen LogP contribution in [0.3, 0.4) is 0 Å². The minimum atomic E-state index is -0.943. The summed E-state index contributed by atoms with van der Waals surface area (Å²) in [5.41, 5.74) is 0.443. The summed E-state index contributed by atoms with van der Waals surface area (Å²) in [6, 6.07) is 0. The van der Waals surface area contributed by atoms with E-state index in [1.54, 1.807) is 6.92 Å². The average molecular weight is 296 g/mol. The molecule has 0 aromatic carbocycles. The molecule has 0 radical (unpaired) electrons. The van der Waals surface area contributed by atoms with Crippen LogP contribution >= 0.6 is 0 Å². The van der Waals surface area contributed by atoms with Gasteiger partial charge in [0.1, 0.15) is 6.61 Å². The molecule has 3 unspecified atom stereocenters. The van der Waals surface area contributed by atoms with Crippen molar-refractivity contribution in [2.45, 2.75) is 46.0 Å². The maximum Gasteiger partial charge on any atom is 0.309 e. The summed E-state index contributed by atoms with van der Waals surface area (Å²) in [6.45, 7) is 7.09. The Labute approximate surface area is 125 Å². The third-order valence-corrected chi connectivity index (χ3v) is 4.10. The fourth-order valence-corrected chi connectivity index (χ4v) is 2.73. The molecule has 1 N–H and O–H groups in total. The molecule has 0 aliphatic heterocycles. The van der Waals surface area contributed by atoms with Crippen LogP contribution in [0.25, 0.3) is 0 Å². The fourth-order valence-electron chi connectivity index (χ4n) is 2.73. The third kappa shape index (κ3) is 4.69. The maximum absolute atomic E-state index is 12.1. The number of aliphatic carboxylic acids is 1. The van der Waals surface area contributed by atoms with Gasteiger partial charge in [0, 0.05) is 0 Å². The Morgan fingerprint density at radius 2 is 1.81 bits per heavy atom. The minimum absolute atomic E-state index is 0.00384. The van der Waals surface area contributed by atoms with Gasteiger partial charge in [-0.25, -0.2) is 0 Å². The number of carboxylic acids is 1. The van der Waals surface area contributed by atoms with Gasteiger partial charge >= 0.3 is 11.9 Å². The number of Topliss-reactive ketones (excluding diaryl/α,β-unsaturated/α-hetero) is 1. The topological polar surface area (TPSA) is 80.7 Å². The molecule has 1 aliphatic carbocycles. The molecule has 21 heavy (non-hydrogen) atoms. The molecule has 1 aliphatic rings. The molecule has 0 spiro atoms. The van der Waals surface area contributed by atoms with Crippen molar-refractivity contribution in [2.75, 3.05) is 6.61 Å². The van der Waals surface area contributed by atoms with Crippen molar-refractivity contribution >= 4 is 17.7 Å². The predicted molar refractivity (Wildman–Crippen MR) is 77.6 cm³/mol. The highest BCUT2D eigenvalue weighted by atomic mass is 16.5. The van der Waals surface area contributed by atoms with Crippen molar-refractivity contribution < 1.29 is 24.2 Å². The number of hydrogen-bond donors (Lipinski definition) is 1. The highest BCUT2D eigenvalue weighted by Gasteiger charge is 2.37. The summed E-state index contributed by atoms with van der Waals surface area (Å²) in [5.74, 6) is -3.18. The first-order valence-electron chi connectivity index (χ1n) is 7.47. The lowest BCUT2D eigenvalue weighted by atomic mass is 9.79. The maximum atomic E-state index is 12.1. The number of carbonyl (C=O) groups excluding carboxylic acids is 2. The Balaban J connectivity index is 2.60. The summed E-state index contributed by atoms with van der Waals surface area (Å²) in [6.07, 6.45) is 3.28. The van der Waals surface area contributed by atoms with Crippen molar-refractivity contribution in [1.29, 1.82) is 0 Å². The summed E-state index contributed by atoms with van der Waals surface area (Å²) < 4.78 is 5.22. The molecule has 0 saturated heterocycles. The van der Waals surface area contributed by atoms with Crippen LogP contribution in [-0.4, -0.2) is 29.4 Å². The first kappa shape index (κ1) is 17.4. The zero-order valence-corrected chi connectivity index (χ0v) is 12.8. The van der Waals surface area contributed by atoms with E-state index in [1.165, 1.54) is 0 Å². The minimum Gasteiger partial charge on any atom is -0.481 e. The Bertz CT molecular complexity index is 426. The smallest absolute Gasteiger partial charge is 0.309 e. The van der Waals surface area contributed by atoms with Crippen molar-refractivity contribution in [1.82, 2.24) is 0 Å². The lowest BCUT2D eigenvalue weighted by molar-refractivity contribution is -0.161. The first-order valence-corrected chi connectivity index (χ1v) is 7.47. The molecule has 118 valence electrons. The number of allylic oxidation sites excluding steroid dienone is 1. The van der Waals surface area contributed by atoms with Gasteiger partial charge in [0.15, 0.2) is 5.78 Å². The van der Waals surface area contributed by atoms with E-state index in [1.807, 2.05) is 6.92 Å². The van der Waals surface area contributed by atoms with E-state index in [0.717, 1.165) is 12.8 Å². The lowest BCUT2D eigenvalue weighted by Gasteiger charge is -2.27. The van der Waals surface area contributed by atoms with Gasteiger partial charge in [-0.1, -0.05) is 26.3 Å². The van der Waals surface area contributed by atoms with Crippen LogP contribution in [0.15, 0.2) is 12.2 Å². The van der Waals surface area contributed by atoms with Crippen LogP contribution < -0.4 is 0 Å². The van der Waals surface area contributed by atoms with Gasteiger partial charge in [0.25, 0.3) is 0 Å². The summed E-state index contributed by atoms with van der Waals surface area (Å²) >= 11 is 0. The third-order valence-electron chi connectivity index (χ3n) is 4.10. The van der Waals surface area contributed by atoms with Gasteiger partial charge < -0.3 is 9.84 Å². The SMILES string of the molecule is C=C(C)C(=O)C(CC)COC(=O)C1CCCCC1C(=O)O. The number of carboxylic acid groups (broad SMARTS) is 1. The summed E-state index contributed by atoms with van der Waals surface area (Å²) in [7, 11) is 0. The number of rotatable bonds is 7. The van der Waals surface area contributed by atoms with E-state index in [-0.39, 0.29) is 12.4 Å². The molecule has 0 amide bonds. The molecule has 1 saturated carbocycles. The van der Waals surface area contributed by atoms with E-state index >= 15 is 0 Å². The Morgan fingerprint density at radius 3 is 2.29 bits per heavy atom. The highest BCUT2D eigenvalue weighted by molar-refractivity contribution is 5.96. The molecule has 0 aromatic rings. The van der Waals surface area contributed by atoms with Gasteiger partial charge in [-0.15, -0.1) is 0 Å². The van der Waals surface area contributed by atoms with Crippen LogP contribution in [0.4, 0.5) is 0 Å². The van der Waals surface area contributed by atoms with E-state index < -0.39 is 29.7 Å². The van der Waals surface area contributed by atoms with Crippen LogP contribution in [0.2, 0.25) is 0 Å². The molecule has 3 atom stereocenters. The van der Waals surface area contributed by atoms with Gasteiger partial charge in [0.05, 0.1) is 17.8 Å². The monoisotopic (exact) mass is 296 g/mol. The second kappa shape index (κ2) is 7.96. The van der Waals surface area contributed by atoms with E-state index in [9.17, 15) is 14.4 Å². The standard InChI is InChI=1S/C16H24O5/c1-4-11(14(17)10(2)3)9-21-16(20)13-8-6-5-7-12(13)15(18)19/h11-13H,2,4-9H2,1,3H3,(H,18,19). The lowest BCUT2D eigenvalue weighted by Crippen LogP contribution is -2.35. The van der Waals surface area contributed by atoms with Gasteiger partial charge in [0.2, 0.25) is 0 Å². The molecule has 0 aromatic heterocycles. The van der Waals surface area contributed by atoms with Crippen molar-refractivity contribution in [3.05, 3.63) is 12.2 Å². The second-order valence-corrected chi connectivity index (χ2v) is 5.72. The second-order valence-electron chi connectivity index (χ2n) is 5.72. The van der Waals surface area contributed by atoms with Gasteiger partial charge in [-0.05, 0) is 31.8 Å². The van der Waals surface area contributed by atoms with Crippen molar-refractivity contribution in [3.63, 3.8) is 0 Å². The van der Waals surface area contributed by atoms with E-state index in [2.05, 4.69) is 6.58 Å². The number of carbonyl (C=O) groups is 3. The van der Waals surface area contributed by atoms with Crippen LogP contribution in [0.1, 0.15) is 46.0 Å². The zero-order valence-electron chi connectivity index (χ0n) is 12.8. The van der Waals surface area contributed by atoms with Gasteiger partial charge in [-0.3, -0.25) is 14.4 Å². The first-order chi connectivity index (χ1) is 9.88. The fraction of sp³-hybridized carbons (Fsp3) is 0.688. The van der Waals surface area contributed by atoms with Crippen LogP contribution in [0.5, 0.6) is 0 Å². The molecule has 0 heterocycles. The number of hydrogen-bond acceptors (Lipinski definition) is 4. The van der Waals surface area contributed by atoms with E-state index in [0.29, 0.717) is 24.8 Å². The number of ketones is 1. The molecule has 1 fully saturated rings. The zero-order chi connectivity index (χ0) is 16.0. The van der Waals surface area contributed by atoms with Crippen LogP contribution in [0, 0.1) is 17.8 Å². The molecular weight excluding hydrogens is 272 g/mol. The normalized spacial score (nSPS) is 23.1. The van der Waals surface area contributed by atoms with Crippen molar-refractivity contribution in [3.8, 4) is 0 Å². The predicted octanol–water partition coefficient (Wildman–Crippen LogP) is 2.59. The average Bonchev–Trinajstić information content (AvgIpc) is 2.47. The molecular formula is C16H24O5.